The smallest absolute Gasteiger partial charge is 0.330 e. The lowest BCUT2D eigenvalue weighted by Crippen LogP contribution is -2.20. The number of phenolic OH excluding ortho intramolecular Hbond substituents is 1. The van der Waals surface area contributed by atoms with Gasteiger partial charge in [0, 0.05) is 5.69 Å². The topological polar surface area (TPSA) is 78.8 Å². The summed E-state index contributed by atoms with van der Waals surface area (Å²) in [6, 6.07) is 8.59. The second-order valence-electron chi connectivity index (χ2n) is 4.35. The second-order valence-corrected chi connectivity index (χ2v) is 4.35. The summed E-state index contributed by atoms with van der Waals surface area (Å²) in [4.78, 5) is 11.4. The van der Waals surface area contributed by atoms with E-state index in [2.05, 4.69) is 5.32 Å². The first-order chi connectivity index (χ1) is 10.0. The summed E-state index contributed by atoms with van der Waals surface area (Å²) >= 11 is 0. The summed E-state index contributed by atoms with van der Waals surface area (Å²) in [6.45, 7) is 0. The van der Waals surface area contributed by atoms with Gasteiger partial charge in [0.2, 0.25) is 0 Å². The summed E-state index contributed by atoms with van der Waals surface area (Å²) in [5, 5.41) is 21.8. The van der Waals surface area contributed by atoms with Gasteiger partial charge in [0.25, 0.3) is 0 Å². The molecule has 0 saturated heterocycles. The molecule has 0 heterocycles. The van der Waals surface area contributed by atoms with E-state index in [0.29, 0.717) is 11.3 Å². The fourth-order valence-corrected chi connectivity index (χ4v) is 1.89. The zero-order valence-electron chi connectivity index (χ0n) is 11.2. The first-order valence-electron chi connectivity index (χ1n) is 6.13. The normalized spacial score (nSPS) is 11.7. The Hall–Kier alpha value is -2.76. The number of nitrogens with one attached hydrogen (secondary N) is 1. The Morgan fingerprint density at radius 1 is 1.24 bits per heavy atom. The van der Waals surface area contributed by atoms with Crippen molar-refractivity contribution in [2.45, 2.75) is 6.04 Å². The van der Waals surface area contributed by atoms with Gasteiger partial charge in [0.15, 0.2) is 17.5 Å². The predicted molar refractivity (Wildman–Crippen MR) is 75.1 cm³/mol. The van der Waals surface area contributed by atoms with Gasteiger partial charge in [0.1, 0.15) is 5.82 Å². The number of hydrogen-bond acceptors (Lipinski definition) is 4. The minimum absolute atomic E-state index is 0.151. The van der Waals surface area contributed by atoms with Crippen LogP contribution in [0.25, 0.3) is 0 Å². The van der Waals surface area contributed by atoms with Crippen LogP contribution >= 0.6 is 0 Å². The quantitative estimate of drug-likeness (QED) is 0.789. The predicted octanol–water partition coefficient (Wildman–Crippen LogP) is 2.78. The van der Waals surface area contributed by atoms with Crippen LogP contribution in [0.15, 0.2) is 42.5 Å². The van der Waals surface area contributed by atoms with Crippen molar-refractivity contribution < 1.29 is 24.1 Å². The average Bonchev–Trinajstić information content (AvgIpc) is 2.46. The lowest BCUT2D eigenvalue weighted by molar-refractivity contribution is -0.138. The molecule has 1 atom stereocenters. The van der Waals surface area contributed by atoms with E-state index in [1.165, 1.54) is 49.6 Å². The number of halogens is 1. The van der Waals surface area contributed by atoms with E-state index in [-0.39, 0.29) is 11.5 Å². The average molecular weight is 291 g/mol. The van der Waals surface area contributed by atoms with Crippen molar-refractivity contribution in [1.29, 1.82) is 0 Å². The highest BCUT2D eigenvalue weighted by molar-refractivity contribution is 5.79. The summed E-state index contributed by atoms with van der Waals surface area (Å²) in [5.74, 6) is -1.43. The van der Waals surface area contributed by atoms with Gasteiger partial charge < -0.3 is 20.3 Å². The number of benzene rings is 2. The maximum Gasteiger partial charge on any atom is 0.330 e. The van der Waals surface area contributed by atoms with Crippen molar-refractivity contribution in [3.63, 3.8) is 0 Å². The van der Waals surface area contributed by atoms with Gasteiger partial charge in [-0.25, -0.2) is 9.18 Å². The number of aromatic hydroxyl groups is 1. The molecule has 0 radical (unpaired) electrons. The lowest BCUT2D eigenvalue weighted by Gasteiger charge is -2.17. The number of ether oxygens (including phenoxy) is 1. The third kappa shape index (κ3) is 3.42. The minimum Gasteiger partial charge on any atom is -0.504 e. The molecule has 21 heavy (non-hydrogen) atoms. The molecular weight excluding hydrogens is 277 g/mol. The Bertz CT molecular complexity index is 643. The third-order valence-corrected chi connectivity index (χ3v) is 2.94. The molecule has 2 aromatic rings. The SMILES string of the molecule is COc1ccc(C(Nc2ccc(F)cc2)C(=O)O)cc1O. The summed E-state index contributed by atoms with van der Waals surface area (Å²) in [7, 11) is 1.40. The number of carbonyl (C=O) groups is 1. The molecule has 1 unspecified atom stereocenters. The van der Waals surface area contributed by atoms with Crippen LogP contribution in [0.1, 0.15) is 11.6 Å². The molecule has 110 valence electrons. The number of methoxy groups -OCH3 is 1. The molecular formula is C15H14FNO4. The largest absolute Gasteiger partial charge is 0.504 e. The van der Waals surface area contributed by atoms with E-state index < -0.39 is 17.8 Å². The maximum atomic E-state index is 12.9. The molecule has 0 aliphatic heterocycles. The van der Waals surface area contributed by atoms with E-state index in [0.717, 1.165) is 0 Å². The van der Waals surface area contributed by atoms with Crippen LogP contribution < -0.4 is 10.1 Å². The number of carboxylic acids is 1. The van der Waals surface area contributed by atoms with E-state index in [9.17, 15) is 19.4 Å². The van der Waals surface area contributed by atoms with Gasteiger partial charge in [-0.2, -0.15) is 0 Å². The molecule has 0 aromatic heterocycles. The zero-order valence-corrected chi connectivity index (χ0v) is 11.2. The fraction of sp³-hybridized carbons (Fsp3) is 0.133. The van der Waals surface area contributed by atoms with Crippen molar-refractivity contribution in [1.82, 2.24) is 0 Å². The highest BCUT2D eigenvalue weighted by Crippen LogP contribution is 2.30. The molecule has 0 spiro atoms. The van der Waals surface area contributed by atoms with E-state index in [1.807, 2.05) is 0 Å². The third-order valence-electron chi connectivity index (χ3n) is 2.94. The fourth-order valence-electron chi connectivity index (χ4n) is 1.89. The molecule has 0 saturated carbocycles. The summed E-state index contributed by atoms with van der Waals surface area (Å²) in [5.41, 5.74) is 0.809. The maximum absolute atomic E-state index is 12.9. The molecule has 2 rings (SSSR count). The van der Waals surface area contributed by atoms with Gasteiger partial charge in [-0.1, -0.05) is 6.07 Å². The second kappa shape index (κ2) is 6.13. The highest BCUT2D eigenvalue weighted by Gasteiger charge is 2.21. The van der Waals surface area contributed by atoms with Gasteiger partial charge in [0.05, 0.1) is 7.11 Å². The molecule has 2 aromatic carbocycles. The van der Waals surface area contributed by atoms with Crippen LogP contribution in [-0.4, -0.2) is 23.3 Å². The van der Waals surface area contributed by atoms with Crippen molar-refractivity contribution in [3.8, 4) is 11.5 Å². The van der Waals surface area contributed by atoms with Crippen LogP contribution in [0.5, 0.6) is 11.5 Å². The Kier molecular flexibility index (Phi) is 4.27. The Labute approximate surface area is 120 Å². The Balaban J connectivity index is 2.28. The van der Waals surface area contributed by atoms with Crippen LogP contribution in [0, 0.1) is 5.82 Å². The summed E-state index contributed by atoms with van der Waals surface area (Å²) in [6.07, 6.45) is 0. The van der Waals surface area contributed by atoms with Crippen molar-refractivity contribution in [2.24, 2.45) is 0 Å². The molecule has 0 amide bonds. The van der Waals surface area contributed by atoms with Crippen molar-refractivity contribution in [2.75, 3.05) is 12.4 Å². The van der Waals surface area contributed by atoms with Crippen LogP contribution in [0.2, 0.25) is 0 Å². The number of hydrogen-bond donors (Lipinski definition) is 3. The van der Waals surface area contributed by atoms with Gasteiger partial charge in [-0.3, -0.25) is 0 Å². The zero-order chi connectivity index (χ0) is 15.4. The minimum atomic E-state index is -1.12. The number of carboxylic acid groups (broad SMARTS) is 1. The lowest BCUT2D eigenvalue weighted by atomic mass is 10.1. The van der Waals surface area contributed by atoms with Crippen molar-refractivity contribution in [3.05, 3.63) is 53.8 Å². The molecule has 0 fully saturated rings. The van der Waals surface area contributed by atoms with Crippen molar-refractivity contribution >= 4 is 11.7 Å². The first-order valence-corrected chi connectivity index (χ1v) is 6.13. The number of phenols is 1. The van der Waals surface area contributed by atoms with Gasteiger partial charge in [-0.15, -0.1) is 0 Å². The molecule has 0 aliphatic carbocycles. The van der Waals surface area contributed by atoms with E-state index >= 15 is 0 Å². The Morgan fingerprint density at radius 2 is 1.90 bits per heavy atom. The molecule has 0 aliphatic rings. The first kappa shape index (κ1) is 14.6. The monoisotopic (exact) mass is 291 g/mol. The standard InChI is InChI=1S/C15H14FNO4/c1-21-13-7-2-9(8-12(13)18)14(15(19)20)17-11-5-3-10(16)4-6-11/h2-8,14,17-18H,1H3,(H,19,20). The van der Waals surface area contributed by atoms with Crippen LogP contribution in [-0.2, 0) is 4.79 Å². The van der Waals surface area contributed by atoms with Crippen LogP contribution in [0.3, 0.4) is 0 Å². The van der Waals surface area contributed by atoms with Crippen LogP contribution in [0.4, 0.5) is 10.1 Å². The molecule has 6 heteroatoms. The van der Waals surface area contributed by atoms with E-state index in [1.54, 1.807) is 0 Å². The summed E-state index contributed by atoms with van der Waals surface area (Å²) < 4.78 is 17.8. The van der Waals surface area contributed by atoms with E-state index in [4.69, 9.17) is 4.74 Å². The number of rotatable bonds is 5. The Morgan fingerprint density at radius 3 is 2.43 bits per heavy atom. The number of aliphatic carboxylic acids is 1. The van der Waals surface area contributed by atoms with Gasteiger partial charge in [-0.05, 0) is 42.0 Å². The van der Waals surface area contributed by atoms with Gasteiger partial charge >= 0.3 is 5.97 Å². The molecule has 3 N–H and O–H groups in total. The number of anilines is 1. The molecule has 5 nitrogen and oxygen atoms in total. The molecule has 0 bridgehead atoms. The highest BCUT2D eigenvalue weighted by atomic mass is 19.1.